The van der Waals surface area contributed by atoms with Crippen molar-refractivity contribution in [1.29, 1.82) is 5.26 Å². The minimum absolute atomic E-state index is 0.149. The number of rotatable bonds is 1. The van der Waals surface area contributed by atoms with E-state index in [1.165, 1.54) is 6.33 Å². The van der Waals surface area contributed by atoms with Gasteiger partial charge in [-0.05, 0) is 12.3 Å². The number of hydrogen-bond donors (Lipinski definition) is 1. The molecule has 20 heavy (non-hydrogen) atoms. The van der Waals surface area contributed by atoms with Gasteiger partial charge in [0.25, 0.3) is 0 Å². The maximum atomic E-state index is 9.14. The summed E-state index contributed by atoms with van der Waals surface area (Å²) in [6, 6.07) is 2.27. The summed E-state index contributed by atoms with van der Waals surface area (Å²) in [5.74, 6) is 1.34. The first-order chi connectivity index (χ1) is 9.69. The summed E-state index contributed by atoms with van der Waals surface area (Å²) in [7, 11) is 0. The van der Waals surface area contributed by atoms with E-state index in [9.17, 15) is 0 Å². The van der Waals surface area contributed by atoms with Crippen LogP contribution in [0, 0.1) is 17.2 Å². The summed E-state index contributed by atoms with van der Waals surface area (Å²) < 4.78 is 0. The molecule has 0 unspecified atom stereocenters. The number of fused-ring (bicyclic) bond motifs is 1. The van der Waals surface area contributed by atoms with Gasteiger partial charge in [-0.25, -0.2) is 15.0 Å². The van der Waals surface area contributed by atoms with Gasteiger partial charge >= 0.3 is 0 Å². The fourth-order valence-corrected chi connectivity index (χ4v) is 2.87. The van der Waals surface area contributed by atoms with Gasteiger partial charge < -0.3 is 10.6 Å². The second-order valence-corrected chi connectivity index (χ2v) is 5.40. The lowest BCUT2D eigenvalue weighted by Gasteiger charge is -2.36. The Balaban J connectivity index is 2.11. The van der Waals surface area contributed by atoms with Gasteiger partial charge in [-0.2, -0.15) is 5.26 Å². The van der Waals surface area contributed by atoms with Crippen LogP contribution in [0.2, 0.25) is 0 Å². The van der Waals surface area contributed by atoms with Crippen LogP contribution in [0.1, 0.15) is 18.9 Å². The van der Waals surface area contributed by atoms with E-state index >= 15 is 0 Å². The average molecular weight is 268 g/mol. The molecule has 102 valence electrons. The highest BCUT2D eigenvalue weighted by Gasteiger charge is 2.25. The zero-order valence-corrected chi connectivity index (χ0v) is 11.3. The molecule has 0 spiro atoms. The second kappa shape index (κ2) is 5.02. The molecule has 3 heterocycles. The summed E-state index contributed by atoms with van der Waals surface area (Å²) in [6.45, 7) is 3.87. The lowest BCUT2D eigenvalue weighted by atomic mass is 9.96. The second-order valence-electron chi connectivity index (χ2n) is 5.40. The molecule has 1 fully saturated rings. The largest absolute Gasteiger partial charge is 0.354 e. The van der Waals surface area contributed by atoms with Gasteiger partial charge in [0, 0.05) is 31.5 Å². The summed E-state index contributed by atoms with van der Waals surface area (Å²) in [6.07, 6.45) is 5.78. The SMILES string of the molecule is C[C@H]1C[C@@H](N)CN(c2ncc(C#N)c3ncncc23)C1. The molecule has 3 rings (SSSR count). The van der Waals surface area contributed by atoms with E-state index in [1.54, 1.807) is 12.4 Å². The number of nitriles is 1. The average Bonchev–Trinajstić information content (AvgIpc) is 2.45. The number of piperidine rings is 1. The lowest BCUT2D eigenvalue weighted by molar-refractivity contribution is 0.400. The van der Waals surface area contributed by atoms with E-state index in [0.717, 1.165) is 30.7 Å². The van der Waals surface area contributed by atoms with Gasteiger partial charge in [0.2, 0.25) is 0 Å². The third-order valence-corrected chi connectivity index (χ3v) is 3.64. The quantitative estimate of drug-likeness (QED) is 0.831. The Morgan fingerprint density at radius 3 is 2.95 bits per heavy atom. The van der Waals surface area contributed by atoms with Crippen LogP contribution >= 0.6 is 0 Å². The lowest BCUT2D eigenvalue weighted by Crippen LogP contribution is -2.46. The van der Waals surface area contributed by atoms with Gasteiger partial charge in [0.1, 0.15) is 18.2 Å². The minimum Gasteiger partial charge on any atom is -0.354 e. The molecule has 6 heteroatoms. The summed E-state index contributed by atoms with van der Waals surface area (Å²) in [5, 5.41) is 9.95. The van der Waals surface area contributed by atoms with Crippen molar-refractivity contribution in [2.24, 2.45) is 11.7 Å². The van der Waals surface area contributed by atoms with Crippen LogP contribution in [0.15, 0.2) is 18.7 Å². The summed E-state index contributed by atoms with van der Waals surface area (Å²) in [4.78, 5) is 14.9. The molecule has 2 N–H and O–H groups in total. The standard InChI is InChI=1S/C14H16N6/c1-9-2-11(16)7-20(6-9)14-12-5-17-8-19-13(12)10(3-15)4-18-14/h4-5,8-9,11H,2,6-7,16H2,1H3/t9-,11+/m0/s1. The Morgan fingerprint density at radius 2 is 2.20 bits per heavy atom. The molecule has 2 aromatic rings. The number of anilines is 1. The van der Waals surface area contributed by atoms with Crippen LogP contribution < -0.4 is 10.6 Å². The first-order valence-corrected chi connectivity index (χ1v) is 6.68. The van der Waals surface area contributed by atoms with Crippen LogP contribution in [0.5, 0.6) is 0 Å². The van der Waals surface area contributed by atoms with Crippen molar-refractivity contribution in [1.82, 2.24) is 15.0 Å². The van der Waals surface area contributed by atoms with E-state index in [2.05, 4.69) is 32.8 Å². The van der Waals surface area contributed by atoms with Crippen molar-refractivity contribution in [3.05, 3.63) is 24.3 Å². The molecule has 0 aliphatic carbocycles. The number of aromatic nitrogens is 3. The zero-order valence-electron chi connectivity index (χ0n) is 11.3. The molecule has 0 saturated carbocycles. The van der Waals surface area contributed by atoms with Crippen molar-refractivity contribution in [3.63, 3.8) is 0 Å². The molecular formula is C14H16N6. The molecule has 1 saturated heterocycles. The van der Waals surface area contributed by atoms with Crippen LogP contribution in [0.3, 0.4) is 0 Å². The van der Waals surface area contributed by atoms with E-state index in [0.29, 0.717) is 17.0 Å². The monoisotopic (exact) mass is 268 g/mol. The van der Waals surface area contributed by atoms with Crippen LogP contribution in [0.25, 0.3) is 10.9 Å². The predicted octanol–water partition coefficient (Wildman–Crippen LogP) is 1.07. The third kappa shape index (κ3) is 2.17. The Bertz CT molecular complexity index is 667. The van der Waals surface area contributed by atoms with E-state index in [1.807, 2.05) is 0 Å². The Labute approximate surface area is 117 Å². The van der Waals surface area contributed by atoms with E-state index < -0.39 is 0 Å². The van der Waals surface area contributed by atoms with Crippen LogP contribution in [-0.4, -0.2) is 34.1 Å². The maximum absolute atomic E-state index is 9.14. The molecule has 1 aliphatic rings. The van der Waals surface area contributed by atoms with E-state index in [4.69, 9.17) is 11.0 Å². The fourth-order valence-electron chi connectivity index (χ4n) is 2.87. The molecule has 6 nitrogen and oxygen atoms in total. The molecular weight excluding hydrogens is 252 g/mol. The topological polar surface area (TPSA) is 91.7 Å². The van der Waals surface area contributed by atoms with Crippen molar-refractivity contribution < 1.29 is 0 Å². The fraction of sp³-hybridized carbons (Fsp3) is 0.429. The number of nitrogens with zero attached hydrogens (tertiary/aromatic N) is 5. The molecule has 2 aromatic heterocycles. The normalized spacial score (nSPS) is 22.8. The minimum atomic E-state index is 0.149. The first kappa shape index (κ1) is 12.8. The molecule has 2 atom stereocenters. The highest BCUT2D eigenvalue weighted by molar-refractivity contribution is 5.92. The Morgan fingerprint density at radius 1 is 1.35 bits per heavy atom. The zero-order chi connectivity index (χ0) is 14.1. The smallest absolute Gasteiger partial charge is 0.139 e. The number of pyridine rings is 1. The maximum Gasteiger partial charge on any atom is 0.139 e. The van der Waals surface area contributed by atoms with Gasteiger partial charge in [-0.3, -0.25) is 0 Å². The number of hydrogen-bond acceptors (Lipinski definition) is 6. The third-order valence-electron chi connectivity index (χ3n) is 3.64. The van der Waals surface area contributed by atoms with Gasteiger partial charge in [0.05, 0.1) is 16.5 Å². The van der Waals surface area contributed by atoms with Crippen LogP contribution in [0.4, 0.5) is 5.82 Å². The highest BCUT2D eigenvalue weighted by atomic mass is 15.2. The highest BCUT2D eigenvalue weighted by Crippen LogP contribution is 2.28. The Hall–Kier alpha value is -2.26. The molecule has 0 amide bonds. The van der Waals surface area contributed by atoms with Crippen molar-refractivity contribution >= 4 is 16.7 Å². The first-order valence-electron chi connectivity index (χ1n) is 6.68. The molecule has 1 aliphatic heterocycles. The summed E-state index contributed by atoms with van der Waals surface area (Å²) >= 11 is 0. The van der Waals surface area contributed by atoms with Gasteiger partial charge in [-0.15, -0.1) is 0 Å². The predicted molar refractivity (Wildman–Crippen MR) is 76.0 cm³/mol. The van der Waals surface area contributed by atoms with Crippen molar-refractivity contribution in [2.75, 3.05) is 18.0 Å². The van der Waals surface area contributed by atoms with E-state index in [-0.39, 0.29) is 6.04 Å². The van der Waals surface area contributed by atoms with Crippen LogP contribution in [-0.2, 0) is 0 Å². The Kier molecular flexibility index (Phi) is 3.20. The molecule has 0 radical (unpaired) electrons. The van der Waals surface area contributed by atoms with Crippen molar-refractivity contribution in [3.8, 4) is 6.07 Å². The number of nitrogens with two attached hydrogens (primary N) is 1. The van der Waals surface area contributed by atoms with Crippen molar-refractivity contribution in [2.45, 2.75) is 19.4 Å². The summed E-state index contributed by atoms with van der Waals surface area (Å²) in [5.41, 5.74) is 7.22. The molecule has 0 bridgehead atoms. The molecule has 0 aromatic carbocycles. The van der Waals surface area contributed by atoms with Gasteiger partial charge in [-0.1, -0.05) is 6.92 Å². The van der Waals surface area contributed by atoms with Gasteiger partial charge in [0.15, 0.2) is 0 Å².